The van der Waals surface area contributed by atoms with Crippen LogP contribution in [-0.2, 0) is 13.2 Å². The van der Waals surface area contributed by atoms with Gasteiger partial charge in [0.05, 0.1) is 12.3 Å². The van der Waals surface area contributed by atoms with Gasteiger partial charge in [0.15, 0.2) is 0 Å². The van der Waals surface area contributed by atoms with Crippen LogP contribution in [0, 0.1) is 0 Å². The standard InChI is InChI=1S/C19H26N2O3.2ClH/c1-19(2,3)21(11-14-7-5-4-6-8-14)12-18(24)15-9-10-17(23)16(13-22)20-15;;/h4-10,18,22-24H,11-13H2,1-3H3;2*1H. The second-order valence-corrected chi connectivity index (χ2v) is 6.91. The van der Waals surface area contributed by atoms with Crippen molar-refractivity contribution in [3.8, 4) is 5.75 Å². The van der Waals surface area contributed by atoms with Crippen molar-refractivity contribution in [3.05, 3.63) is 59.4 Å². The third-order valence-corrected chi connectivity index (χ3v) is 4.02. The molecule has 7 heteroatoms. The first-order chi connectivity index (χ1) is 11.3. The molecule has 2 aromatic rings. The van der Waals surface area contributed by atoms with E-state index in [1.54, 1.807) is 6.07 Å². The average molecular weight is 403 g/mol. The number of nitrogens with zero attached hydrogens (tertiary/aromatic N) is 2. The lowest BCUT2D eigenvalue weighted by atomic mass is 10.0. The first kappa shape index (κ1) is 24.6. The van der Waals surface area contributed by atoms with Gasteiger partial charge in [-0.25, -0.2) is 4.98 Å². The van der Waals surface area contributed by atoms with Crippen molar-refractivity contribution in [2.24, 2.45) is 0 Å². The highest BCUT2D eigenvalue weighted by Gasteiger charge is 2.25. The number of aliphatic hydroxyl groups is 2. The van der Waals surface area contributed by atoms with E-state index in [4.69, 9.17) is 0 Å². The number of benzene rings is 1. The topological polar surface area (TPSA) is 76.8 Å². The second-order valence-electron chi connectivity index (χ2n) is 6.91. The van der Waals surface area contributed by atoms with E-state index >= 15 is 0 Å². The molecule has 0 amide bonds. The summed E-state index contributed by atoms with van der Waals surface area (Å²) in [5.41, 5.74) is 1.67. The van der Waals surface area contributed by atoms with Crippen LogP contribution in [-0.4, -0.2) is 37.3 Å². The van der Waals surface area contributed by atoms with Gasteiger partial charge in [-0.2, -0.15) is 0 Å². The molecule has 0 aliphatic carbocycles. The van der Waals surface area contributed by atoms with Crippen molar-refractivity contribution in [3.63, 3.8) is 0 Å². The highest BCUT2D eigenvalue weighted by molar-refractivity contribution is 5.85. The summed E-state index contributed by atoms with van der Waals surface area (Å²) in [5, 5.41) is 29.4. The smallest absolute Gasteiger partial charge is 0.139 e. The molecular weight excluding hydrogens is 375 g/mol. The van der Waals surface area contributed by atoms with Crippen molar-refractivity contribution in [2.75, 3.05) is 6.54 Å². The number of aromatic hydroxyl groups is 1. The minimum Gasteiger partial charge on any atom is -0.506 e. The quantitative estimate of drug-likeness (QED) is 0.689. The molecule has 3 N–H and O–H groups in total. The Morgan fingerprint density at radius 1 is 1.04 bits per heavy atom. The van der Waals surface area contributed by atoms with Gasteiger partial charge >= 0.3 is 0 Å². The largest absolute Gasteiger partial charge is 0.506 e. The minimum atomic E-state index is -0.807. The molecule has 0 saturated heterocycles. The molecular formula is C19H28Cl2N2O3. The zero-order valence-corrected chi connectivity index (χ0v) is 16.9. The molecule has 2 rings (SSSR count). The summed E-state index contributed by atoms with van der Waals surface area (Å²) in [6, 6.07) is 13.2. The SMILES string of the molecule is CC(C)(C)N(Cc1ccccc1)CC(O)c1ccc(O)c(CO)n1.Cl.Cl. The van der Waals surface area contributed by atoms with Crippen LogP contribution in [0.5, 0.6) is 5.75 Å². The van der Waals surface area contributed by atoms with Crippen LogP contribution in [0.4, 0.5) is 0 Å². The Labute approximate surface area is 167 Å². The van der Waals surface area contributed by atoms with Crippen LogP contribution in [0.25, 0.3) is 0 Å². The summed E-state index contributed by atoms with van der Waals surface area (Å²) in [7, 11) is 0. The number of aromatic nitrogens is 1. The highest BCUT2D eigenvalue weighted by Crippen LogP contribution is 2.24. The Morgan fingerprint density at radius 2 is 1.65 bits per heavy atom. The van der Waals surface area contributed by atoms with Crippen LogP contribution in [0.1, 0.15) is 43.8 Å². The number of aliphatic hydroxyl groups excluding tert-OH is 2. The second kappa shape index (κ2) is 10.7. The van der Waals surface area contributed by atoms with Crippen molar-refractivity contribution in [1.29, 1.82) is 0 Å². The van der Waals surface area contributed by atoms with E-state index in [2.05, 4.69) is 42.8 Å². The Bertz CT molecular complexity index is 664. The summed E-state index contributed by atoms with van der Waals surface area (Å²) >= 11 is 0. The molecule has 0 fully saturated rings. The fourth-order valence-corrected chi connectivity index (χ4v) is 2.49. The lowest BCUT2D eigenvalue weighted by Gasteiger charge is -2.37. The number of rotatable bonds is 6. The van der Waals surface area contributed by atoms with Gasteiger partial charge in [-0.3, -0.25) is 4.90 Å². The van der Waals surface area contributed by atoms with E-state index in [-0.39, 0.29) is 48.4 Å². The molecule has 1 atom stereocenters. The fourth-order valence-electron chi connectivity index (χ4n) is 2.49. The van der Waals surface area contributed by atoms with Crippen LogP contribution < -0.4 is 0 Å². The third kappa shape index (κ3) is 6.74. The summed E-state index contributed by atoms with van der Waals surface area (Å²) in [6.45, 7) is 7.07. The zero-order valence-electron chi connectivity index (χ0n) is 15.3. The molecule has 1 unspecified atom stereocenters. The van der Waals surface area contributed by atoms with Gasteiger partial charge in [-0.05, 0) is 38.5 Å². The molecule has 1 heterocycles. The summed E-state index contributed by atoms with van der Waals surface area (Å²) < 4.78 is 0. The van der Waals surface area contributed by atoms with Crippen molar-refractivity contribution in [2.45, 2.75) is 45.6 Å². The molecule has 1 aromatic heterocycles. The van der Waals surface area contributed by atoms with Gasteiger partial charge in [0.25, 0.3) is 0 Å². The number of pyridine rings is 1. The van der Waals surface area contributed by atoms with Gasteiger partial charge < -0.3 is 15.3 Å². The van der Waals surface area contributed by atoms with Crippen molar-refractivity contribution >= 4 is 24.8 Å². The lowest BCUT2D eigenvalue weighted by molar-refractivity contribution is 0.0501. The molecule has 5 nitrogen and oxygen atoms in total. The van der Waals surface area contributed by atoms with Crippen LogP contribution in [0.15, 0.2) is 42.5 Å². The first-order valence-electron chi connectivity index (χ1n) is 8.08. The minimum absolute atomic E-state index is 0. The summed E-state index contributed by atoms with van der Waals surface area (Å²) in [6.07, 6.45) is -0.807. The molecule has 0 radical (unpaired) electrons. The number of halogens is 2. The molecule has 0 saturated carbocycles. The van der Waals surface area contributed by atoms with E-state index < -0.39 is 6.10 Å². The maximum absolute atomic E-state index is 10.6. The maximum Gasteiger partial charge on any atom is 0.139 e. The molecule has 0 aliphatic heterocycles. The van der Waals surface area contributed by atoms with Crippen molar-refractivity contribution in [1.82, 2.24) is 9.88 Å². The van der Waals surface area contributed by atoms with E-state index in [1.807, 2.05) is 18.2 Å². The maximum atomic E-state index is 10.6. The average Bonchev–Trinajstić information content (AvgIpc) is 2.54. The van der Waals surface area contributed by atoms with Crippen molar-refractivity contribution < 1.29 is 15.3 Å². The summed E-state index contributed by atoms with van der Waals surface area (Å²) in [5.74, 6) is -0.0644. The van der Waals surface area contributed by atoms with Gasteiger partial charge in [0.1, 0.15) is 17.5 Å². The van der Waals surface area contributed by atoms with Gasteiger partial charge in [0, 0.05) is 18.6 Å². The number of hydrogen-bond donors (Lipinski definition) is 3. The molecule has 0 aliphatic rings. The van der Waals surface area contributed by atoms with Crippen LogP contribution in [0.2, 0.25) is 0 Å². The fraction of sp³-hybridized carbons (Fsp3) is 0.421. The molecule has 0 bridgehead atoms. The van der Waals surface area contributed by atoms with E-state index in [9.17, 15) is 15.3 Å². The Kier molecular flexibility index (Phi) is 10.1. The van der Waals surface area contributed by atoms with Gasteiger partial charge in [0.2, 0.25) is 0 Å². The van der Waals surface area contributed by atoms with Crippen LogP contribution >= 0.6 is 24.8 Å². The Hall–Kier alpha value is -1.37. The lowest BCUT2D eigenvalue weighted by Crippen LogP contribution is -2.43. The van der Waals surface area contributed by atoms with Crippen LogP contribution in [0.3, 0.4) is 0 Å². The summed E-state index contributed by atoms with van der Waals surface area (Å²) in [4.78, 5) is 6.34. The number of β-amino-alcohol motifs (C(OH)–C–C–N with tert-alkyl or cyclic N) is 1. The van der Waals surface area contributed by atoms with E-state index in [1.165, 1.54) is 11.6 Å². The van der Waals surface area contributed by atoms with E-state index in [0.29, 0.717) is 18.8 Å². The Morgan fingerprint density at radius 3 is 2.19 bits per heavy atom. The van der Waals surface area contributed by atoms with E-state index in [0.717, 1.165) is 0 Å². The molecule has 146 valence electrons. The highest BCUT2D eigenvalue weighted by atomic mass is 35.5. The van der Waals surface area contributed by atoms with Gasteiger partial charge in [-0.1, -0.05) is 30.3 Å². The third-order valence-electron chi connectivity index (χ3n) is 4.02. The Balaban J connectivity index is 0.00000312. The molecule has 1 aromatic carbocycles. The normalized spacial score (nSPS) is 12.2. The molecule has 26 heavy (non-hydrogen) atoms. The van der Waals surface area contributed by atoms with Gasteiger partial charge in [-0.15, -0.1) is 24.8 Å². The predicted molar refractivity (Wildman–Crippen MR) is 108 cm³/mol. The molecule has 0 spiro atoms. The zero-order chi connectivity index (χ0) is 17.7. The predicted octanol–water partition coefficient (Wildman–Crippen LogP) is 3.46. The monoisotopic (exact) mass is 402 g/mol. The number of hydrogen-bond acceptors (Lipinski definition) is 5. The first-order valence-corrected chi connectivity index (χ1v) is 8.08.